The lowest BCUT2D eigenvalue weighted by atomic mass is 10.2. The quantitative estimate of drug-likeness (QED) is 0.716. The summed E-state index contributed by atoms with van der Waals surface area (Å²) < 4.78 is 6.32. The van der Waals surface area contributed by atoms with Gasteiger partial charge in [0.2, 0.25) is 0 Å². The molecule has 0 bridgehead atoms. The number of para-hydroxylation sites is 1. The van der Waals surface area contributed by atoms with Gasteiger partial charge < -0.3 is 9.57 Å². The fourth-order valence-electron chi connectivity index (χ4n) is 1.43. The number of methoxy groups -OCH3 is 1. The molecule has 0 unspecified atom stereocenters. The summed E-state index contributed by atoms with van der Waals surface area (Å²) in [4.78, 5) is 20.4. The monoisotopic (exact) mass is 206 g/mol. The Balaban J connectivity index is 2.92. The molecular weight excluding hydrogens is 196 g/mol. The Hall–Kier alpha value is -2.04. The molecule has 0 saturated carbocycles. The highest BCUT2D eigenvalue weighted by molar-refractivity contribution is 5.78. The van der Waals surface area contributed by atoms with Crippen LogP contribution in [0, 0.1) is 0 Å². The Morgan fingerprint density at radius 2 is 2.00 bits per heavy atom. The zero-order chi connectivity index (χ0) is 10.8. The van der Waals surface area contributed by atoms with Crippen LogP contribution in [0.15, 0.2) is 29.1 Å². The molecule has 0 radical (unpaired) electrons. The number of aromatic nitrogens is 2. The van der Waals surface area contributed by atoms with E-state index in [9.17, 15) is 4.79 Å². The molecule has 2 rings (SSSR count). The first kappa shape index (κ1) is 9.51. The molecule has 15 heavy (non-hydrogen) atoms. The van der Waals surface area contributed by atoms with Gasteiger partial charge in [0.05, 0.1) is 18.0 Å². The first-order valence-corrected chi connectivity index (χ1v) is 4.38. The average molecular weight is 206 g/mol. The van der Waals surface area contributed by atoms with Crippen LogP contribution in [-0.4, -0.2) is 23.9 Å². The van der Waals surface area contributed by atoms with Gasteiger partial charge in [0, 0.05) is 0 Å². The van der Waals surface area contributed by atoms with Gasteiger partial charge in [-0.15, -0.1) is 4.73 Å². The molecule has 1 aromatic heterocycles. The van der Waals surface area contributed by atoms with E-state index in [1.807, 2.05) is 6.07 Å². The molecule has 0 amide bonds. The van der Waals surface area contributed by atoms with Crippen LogP contribution in [-0.2, 0) is 0 Å². The number of hydrogen-bond donors (Lipinski definition) is 0. The average Bonchev–Trinajstić information content (AvgIpc) is 2.29. The molecule has 0 spiro atoms. The van der Waals surface area contributed by atoms with Crippen molar-refractivity contribution in [3.05, 3.63) is 34.6 Å². The fourth-order valence-corrected chi connectivity index (χ4v) is 1.43. The SMILES string of the molecule is COc1nc(=O)c2ccccc2n1OC. The van der Waals surface area contributed by atoms with E-state index in [-0.39, 0.29) is 11.6 Å². The summed E-state index contributed by atoms with van der Waals surface area (Å²) in [6.45, 7) is 0. The zero-order valence-corrected chi connectivity index (χ0v) is 8.43. The summed E-state index contributed by atoms with van der Waals surface area (Å²) in [6.07, 6.45) is 0. The summed E-state index contributed by atoms with van der Waals surface area (Å²) in [5.41, 5.74) is 0.313. The van der Waals surface area contributed by atoms with Crippen molar-refractivity contribution >= 4 is 10.9 Å². The predicted molar refractivity (Wildman–Crippen MR) is 55.1 cm³/mol. The molecule has 1 aromatic carbocycles. The predicted octanol–water partition coefficient (Wildman–Crippen LogP) is 0.464. The van der Waals surface area contributed by atoms with Crippen molar-refractivity contribution < 1.29 is 9.57 Å². The largest absolute Gasteiger partial charge is 0.466 e. The highest BCUT2D eigenvalue weighted by Gasteiger charge is 2.10. The molecule has 0 aliphatic carbocycles. The molecule has 1 heterocycles. The number of fused-ring (bicyclic) bond motifs is 1. The van der Waals surface area contributed by atoms with Crippen molar-refractivity contribution in [3.8, 4) is 6.01 Å². The van der Waals surface area contributed by atoms with Crippen molar-refractivity contribution in [2.24, 2.45) is 0 Å². The molecule has 0 aliphatic heterocycles. The maximum atomic E-state index is 11.6. The van der Waals surface area contributed by atoms with Gasteiger partial charge in [0.25, 0.3) is 5.56 Å². The fraction of sp³-hybridized carbons (Fsp3) is 0.200. The highest BCUT2D eigenvalue weighted by atomic mass is 16.7. The lowest BCUT2D eigenvalue weighted by Gasteiger charge is -2.11. The van der Waals surface area contributed by atoms with E-state index in [1.54, 1.807) is 18.2 Å². The minimum Gasteiger partial charge on any atom is -0.466 e. The minimum absolute atomic E-state index is 0.140. The maximum absolute atomic E-state index is 11.6. The third-order valence-electron chi connectivity index (χ3n) is 2.09. The summed E-state index contributed by atoms with van der Waals surface area (Å²) in [5, 5.41) is 0.500. The van der Waals surface area contributed by atoms with Crippen LogP contribution in [0.5, 0.6) is 6.01 Å². The number of benzene rings is 1. The van der Waals surface area contributed by atoms with Gasteiger partial charge in [0.15, 0.2) is 0 Å². The normalized spacial score (nSPS) is 10.3. The van der Waals surface area contributed by atoms with E-state index >= 15 is 0 Å². The second-order valence-corrected chi connectivity index (χ2v) is 2.90. The molecule has 0 N–H and O–H groups in total. The molecule has 5 heteroatoms. The first-order valence-electron chi connectivity index (χ1n) is 4.38. The Bertz CT molecular complexity index is 548. The van der Waals surface area contributed by atoms with Gasteiger partial charge in [0.1, 0.15) is 7.11 Å². The summed E-state index contributed by atoms with van der Waals surface area (Å²) in [7, 11) is 2.92. The van der Waals surface area contributed by atoms with E-state index in [2.05, 4.69) is 4.98 Å². The second-order valence-electron chi connectivity index (χ2n) is 2.90. The van der Waals surface area contributed by atoms with Crippen molar-refractivity contribution in [2.45, 2.75) is 0 Å². The smallest absolute Gasteiger partial charge is 0.334 e. The summed E-state index contributed by atoms with van der Waals surface area (Å²) in [5.74, 6) is 0. The second kappa shape index (κ2) is 3.61. The van der Waals surface area contributed by atoms with Crippen LogP contribution in [0.25, 0.3) is 10.9 Å². The molecule has 5 nitrogen and oxygen atoms in total. The Morgan fingerprint density at radius 3 is 2.67 bits per heavy atom. The number of nitrogens with zero attached hydrogens (tertiary/aromatic N) is 2. The Morgan fingerprint density at radius 1 is 1.27 bits per heavy atom. The zero-order valence-electron chi connectivity index (χ0n) is 8.43. The van der Waals surface area contributed by atoms with Gasteiger partial charge in [-0.05, 0) is 12.1 Å². The van der Waals surface area contributed by atoms with Crippen molar-refractivity contribution in [1.82, 2.24) is 9.71 Å². The standard InChI is InChI=1S/C10H10N2O3/c1-14-10-11-9(13)7-5-3-4-6-8(7)12(10)15-2/h3-6H,1-2H3. The molecule has 78 valence electrons. The van der Waals surface area contributed by atoms with Crippen LogP contribution in [0.4, 0.5) is 0 Å². The van der Waals surface area contributed by atoms with E-state index in [1.165, 1.54) is 19.0 Å². The number of rotatable bonds is 2. The summed E-state index contributed by atoms with van der Waals surface area (Å²) >= 11 is 0. The van der Waals surface area contributed by atoms with E-state index < -0.39 is 0 Å². The van der Waals surface area contributed by atoms with E-state index in [4.69, 9.17) is 9.57 Å². The van der Waals surface area contributed by atoms with Crippen molar-refractivity contribution in [3.63, 3.8) is 0 Å². The van der Waals surface area contributed by atoms with Crippen LogP contribution < -0.4 is 15.1 Å². The topological polar surface area (TPSA) is 53.3 Å². The number of ether oxygens (including phenoxy) is 1. The van der Waals surface area contributed by atoms with Gasteiger partial charge in [-0.1, -0.05) is 12.1 Å². The number of hydrogen-bond acceptors (Lipinski definition) is 4. The summed E-state index contributed by atoms with van der Waals surface area (Å²) in [6, 6.07) is 7.19. The van der Waals surface area contributed by atoms with Crippen LogP contribution in [0.2, 0.25) is 0 Å². The molecule has 0 aliphatic rings. The van der Waals surface area contributed by atoms with Crippen LogP contribution >= 0.6 is 0 Å². The van der Waals surface area contributed by atoms with Gasteiger partial charge in [-0.3, -0.25) is 4.79 Å². The molecule has 0 fully saturated rings. The highest BCUT2D eigenvalue weighted by Crippen LogP contribution is 2.13. The van der Waals surface area contributed by atoms with E-state index in [0.29, 0.717) is 10.9 Å². The Labute approximate surface area is 85.8 Å². The lowest BCUT2D eigenvalue weighted by Crippen LogP contribution is -2.19. The van der Waals surface area contributed by atoms with Gasteiger partial charge in [-0.2, -0.15) is 4.98 Å². The van der Waals surface area contributed by atoms with Gasteiger partial charge >= 0.3 is 6.01 Å². The molecule has 0 saturated heterocycles. The third kappa shape index (κ3) is 1.41. The Kier molecular flexibility index (Phi) is 2.29. The van der Waals surface area contributed by atoms with Crippen molar-refractivity contribution in [2.75, 3.05) is 14.2 Å². The van der Waals surface area contributed by atoms with Crippen LogP contribution in [0.1, 0.15) is 0 Å². The molecule has 2 aromatic rings. The lowest BCUT2D eigenvalue weighted by molar-refractivity contribution is 0.141. The van der Waals surface area contributed by atoms with Crippen molar-refractivity contribution in [1.29, 1.82) is 0 Å². The van der Waals surface area contributed by atoms with E-state index in [0.717, 1.165) is 0 Å². The maximum Gasteiger partial charge on any atom is 0.334 e. The first-order chi connectivity index (χ1) is 7.27. The minimum atomic E-state index is -0.323. The molecule has 0 atom stereocenters. The third-order valence-corrected chi connectivity index (χ3v) is 2.09. The van der Waals surface area contributed by atoms with Crippen LogP contribution in [0.3, 0.4) is 0 Å². The van der Waals surface area contributed by atoms with Gasteiger partial charge in [-0.25, -0.2) is 0 Å². The molecular formula is C10H10N2O3.